The molecule has 1 heterocycles. The van der Waals surface area contributed by atoms with Crippen molar-refractivity contribution in [3.8, 4) is 5.75 Å². The first kappa shape index (κ1) is 11.0. The highest BCUT2D eigenvalue weighted by Gasteiger charge is 2.25. The van der Waals surface area contributed by atoms with Crippen molar-refractivity contribution in [2.24, 2.45) is 0 Å². The Kier molecular flexibility index (Phi) is 2.83. The fourth-order valence-electron chi connectivity index (χ4n) is 2.00. The van der Waals surface area contributed by atoms with Gasteiger partial charge in [-0.15, -0.1) is 0 Å². The van der Waals surface area contributed by atoms with E-state index >= 15 is 0 Å². The SMILES string of the molecule is Cc1cc(O)cc(C(=O)N2CC[C@@H](O)C2)c1. The van der Waals surface area contributed by atoms with Gasteiger partial charge in [0.15, 0.2) is 0 Å². The van der Waals surface area contributed by atoms with Crippen LogP contribution < -0.4 is 0 Å². The van der Waals surface area contributed by atoms with Gasteiger partial charge in [-0.05, 0) is 37.1 Å². The number of likely N-dealkylation sites (tertiary alicyclic amines) is 1. The van der Waals surface area contributed by atoms with Gasteiger partial charge in [0.1, 0.15) is 5.75 Å². The number of aryl methyl sites for hydroxylation is 1. The number of nitrogens with zero attached hydrogens (tertiary/aromatic N) is 1. The molecule has 4 nitrogen and oxygen atoms in total. The standard InChI is InChI=1S/C12H15NO3/c1-8-4-9(6-11(15)5-8)12(16)13-3-2-10(14)7-13/h4-6,10,14-15H,2-3,7H2,1H3/t10-/m1/s1. The molecular formula is C12H15NO3. The van der Waals surface area contributed by atoms with Crippen LogP contribution in [0.5, 0.6) is 5.75 Å². The largest absolute Gasteiger partial charge is 0.508 e. The van der Waals surface area contributed by atoms with Crippen LogP contribution in [0.3, 0.4) is 0 Å². The molecule has 1 aliphatic heterocycles. The van der Waals surface area contributed by atoms with E-state index in [1.165, 1.54) is 6.07 Å². The fraction of sp³-hybridized carbons (Fsp3) is 0.417. The van der Waals surface area contributed by atoms with Gasteiger partial charge in [-0.25, -0.2) is 0 Å². The minimum absolute atomic E-state index is 0.100. The number of phenols is 1. The van der Waals surface area contributed by atoms with Gasteiger partial charge in [-0.2, -0.15) is 0 Å². The first-order valence-electron chi connectivity index (χ1n) is 5.34. The average molecular weight is 221 g/mol. The Balaban J connectivity index is 2.20. The van der Waals surface area contributed by atoms with Crippen LogP contribution in [-0.4, -0.2) is 40.2 Å². The fourth-order valence-corrected chi connectivity index (χ4v) is 2.00. The maximum atomic E-state index is 12.0. The van der Waals surface area contributed by atoms with Crippen LogP contribution in [0, 0.1) is 6.92 Å². The van der Waals surface area contributed by atoms with Crippen molar-refractivity contribution in [1.29, 1.82) is 0 Å². The predicted octanol–water partition coefficient (Wildman–Crippen LogP) is 0.907. The van der Waals surface area contributed by atoms with Gasteiger partial charge in [-0.3, -0.25) is 4.79 Å². The van der Waals surface area contributed by atoms with Crippen LogP contribution in [0.4, 0.5) is 0 Å². The quantitative estimate of drug-likeness (QED) is 0.741. The second-order valence-electron chi connectivity index (χ2n) is 4.25. The van der Waals surface area contributed by atoms with Crippen molar-refractivity contribution >= 4 is 5.91 Å². The summed E-state index contributed by atoms with van der Waals surface area (Å²) in [5, 5.41) is 18.8. The van der Waals surface area contributed by atoms with Gasteiger partial charge < -0.3 is 15.1 Å². The van der Waals surface area contributed by atoms with Crippen LogP contribution in [0.15, 0.2) is 18.2 Å². The average Bonchev–Trinajstić information content (AvgIpc) is 2.62. The number of phenolic OH excluding ortho intramolecular Hbond substituents is 1. The molecule has 1 amide bonds. The monoisotopic (exact) mass is 221 g/mol. The molecule has 1 aliphatic rings. The number of aromatic hydroxyl groups is 1. The zero-order valence-electron chi connectivity index (χ0n) is 9.18. The minimum atomic E-state index is -0.414. The van der Waals surface area contributed by atoms with E-state index in [9.17, 15) is 15.0 Å². The van der Waals surface area contributed by atoms with Crippen LogP contribution in [0.2, 0.25) is 0 Å². The topological polar surface area (TPSA) is 60.8 Å². The smallest absolute Gasteiger partial charge is 0.254 e. The zero-order valence-corrected chi connectivity index (χ0v) is 9.18. The Bertz CT molecular complexity index is 396. The number of β-amino-alcohol motifs (C(OH)–C–C–N with tert-alkyl or cyclic N) is 1. The van der Waals surface area contributed by atoms with E-state index in [0.29, 0.717) is 25.1 Å². The lowest BCUT2D eigenvalue weighted by Crippen LogP contribution is -2.29. The molecule has 0 bridgehead atoms. The van der Waals surface area contributed by atoms with E-state index < -0.39 is 6.10 Å². The highest BCUT2D eigenvalue weighted by molar-refractivity contribution is 5.95. The lowest BCUT2D eigenvalue weighted by atomic mass is 10.1. The number of hydrogen-bond donors (Lipinski definition) is 2. The normalized spacial score (nSPS) is 20.1. The van der Waals surface area contributed by atoms with Crippen molar-refractivity contribution < 1.29 is 15.0 Å². The molecule has 86 valence electrons. The molecule has 0 saturated carbocycles. The Hall–Kier alpha value is -1.55. The third-order valence-electron chi connectivity index (χ3n) is 2.76. The van der Waals surface area contributed by atoms with Crippen molar-refractivity contribution in [2.45, 2.75) is 19.4 Å². The zero-order chi connectivity index (χ0) is 11.7. The number of aliphatic hydroxyl groups excluding tert-OH is 1. The summed E-state index contributed by atoms with van der Waals surface area (Å²) in [6.07, 6.45) is 0.214. The van der Waals surface area contributed by atoms with Crippen molar-refractivity contribution in [2.75, 3.05) is 13.1 Å². The van der Waals surface area contributed by atoms with Gasteiger partial charge in [-0.1, -0.05) is 0 Å². The second kappa shape index (κ2) is 4.14. The molecule has 1 atom stereocenters. The van der Waals surface area contributed by atoms with E-state index in [2.05, 4.69) is 0 Å². The number of rotatable bonds is 1. The predicted molar refractivity (Wildman–Crippen MR) is 59.4 cm³/mol. The summed E-state index contributed by atoms with van der Waals surface area (Å²) in [5.41, 5.74) is 1.33. The summed E-state index contributed by atoms with van der Waals surface area (Å²) in [6, 6.07) is 4.81. The van der Waals surface area contributed by atoms with Crippen LogP contribution in [0.25, 0.3) is 0 Å². The van der Waals surface area contributed by atoms with Gasteiger partial charge in [0.25, 0.3) is 5.91 Å². The van der Waals surface area contributed by atoms with Gasteiger partial charge in [0.05, 0.1) is 6.10 Å². The number of carbonyl (C=O) groups excluding carboxylic acids is 1. The molecule has 0 unspecified atom stereocenters. The molecule has 1 aromatic carbocycles. The molecule has 2 N–H and O–H groups in total. The molecular weight excluding hydrogens is 206 g/mol. The molecule has 0 spiro atoms. The minimum Gasteiger partial charge on any atom is -0.508 e. The summed E-state index contributed by atoms with van der Waals surface area (Å²) in [6.45, 7) is 2.79. The first-order chi connectivity index (χ1) is 7.56. The summed E-state index contributed by atoms with van der Waals surface area (Å²) in [5.74, 6) is -0.0290. The second-order valence-corrected chi connectivity index (χ2v) is 4.25. The lowest BCUT2D eigenvalue weighted by Gasteiger charge is -2.15. The number of benzene rings is 1. The Morgan fingerprint density at radius 3 is 2.75 bits per heavy atom. The summed E-state index contributed by atoms with van der Waals surface area (Å²) >= 11 is 0. The summed E-state index contributed by atoms with van der Waals surface area (Å²) < 4.78 is 0. The Labute approximate surface area is 94.1 Å². The molecule has 16 heavy (non-hydrogen) atoms. The number of aliphatic hydroxyl groups is 1. The van der Waals surface area contributed by atoms with E-state index in [-0.39, 0.29) is 11.7 Å². The first-order valence-corrected chi connectivity index (χ1v) is 5.34. The highest BCUT2D eigenvalue weighted by atomic mass is 16.3. The molecule has 0 aromatic heterocycles. The Morgan fingerprint density at radius 2 is 2.19 bits per heavy atom. The van der Waals surface area contributed by atoms with E-state index in [1.54, 1.807) is 17.0 Å². The summed E-state index contributed by atoms with van der Waals surface area (Å²) in [4.78, 5) is 13.6. The molecule has 1 saturated heterocycles. The highest BCUT2D eigenvalue weighted by Crippen LogP contribution is 2.19. The molecule has 2 rings (SSSR count). The van der Waals surface area contributed by atoms with Crippen LogP contribution >= 0.6 is 0 Å². The Morgan fingerprint density at radius 1 is 1.44 bits per heavy atom. The third-order valence-corrected chi connectivity index (χ3v) is 2.76. The molecule has 4 heteroatoms. The third kappa shape index (κ3) is 2.17. The molecule has 0 radical (unpaired) electrons. The summed E-state index contributed by atoms with van der Waals surface area (Å²) in [7, 11) is 0. The maximum absolute atomic E-state index is 12.0. The van der Waals surface area contributed by atoms with Gasteiger partial charge in [0, 0.05) is 18.7 Å². The van der Waals surface area contributed by atoms with E-state index in [0.717, 1.165) is 5.56 Å². The van der Waals surface area contributed by atoms with Gasteiger partial charge in [0.2, 0.25) is 0 Å². The van der Waals surface area contributed by atoms with Crippen LogP contribution in [0.1, 0.15) is 22.3 Å². The molecule has 1 aromatic rings. The number of amides is 1. The van der Waals surface area contributed by atoms with Crippen molar-refractivity contribution in [3.63, 3.8) is 0 Å². The number of carbonyl (C=O) groups is 1. The molecule has 0 aliphatic carbocycles. The molecule has 1 fully saturated rings. The lowest BCUT2D eigenvalue weighted by molar-refractivity contribution is 0.0764. The van der Waals surface area contributed by atoms with Crippen molar-refractivity contribution in [1.82, 2.24) is 4.90 Å². The maximum Gasteiger partial charge on any atom is 0.254 e. The van der Waals surface area contributed by atoms with E-state index in [4.69, 9.17) is 0 Å². The van der Waals surface area contributed by atoms with Gasteiger partial charge >= 0.3 is 0 Å². The van der Waals surface area contributed by atoms with Crippen molar-refractivity contribution in [3.05, 3.63) is 29.3 Å². The van der Waals surface area contributed by atoms with Crippen LogP contribution in [-0.2, 0) is 0 Å². The number of hydrogen-bond acceptors (Lipinski definition) is 3. The van der Waals surface area contributed by atoms with E-state index in [1.807, 2.05) is 6.92 Å².